The molecule has 2 aliphatic heterocycles. The second-order valence-electron chi connectivity index (χ2n) is 10.2. The minimum atomic E-state index is -1.90. The molecule has 10 unspecified atom stereocenters. The molecule has 10 atom stereocenters. The first kappa shape index (κ1) is 30.1. The van der Waals surface area contributed by atoms with Gasteiger partial charge in [-0.1, -0.05) is 0 Å². The number of aliphatic hydroxyl groups is 7. The van der Waals surface area contributed by atoms with Gasteiger partial charge in [0, 0.05) is 11.6 Å². The average molecular weight is 595 g/mol. The third kappa shape index (κ3) is 5.31. The van der Waals surface area contributed by atoms with E-state index in [0.29, 0.717) is 0 Å². The molecule has 228 valence electrons. The highest BCUT2D eigenvalue weighted by Crippen LogP contribution is 2.40. The van der Waals surface area contributed by atoms with Crippen molar-refractivity contribution in [2.24, 2.45) is 0 Å². The molecule has 3 aromatic rings. The summed E-state index contributed by atoms with van der Waals surface area (Å²) in [6.45, 7) is -1.35. The zero-order chi connectivity index (χ0) is 30.5. The van der Waals surface area contributed by atoms with Crippen molar-refractivity contribution in [3.63, 3.8) is 0 Å². The Morgan fingerprint density at radius 3 is 2.02 bits per heavy atom. The van der Waals surface area contributed by atoms with Crippen LogP contribution in [0.2, 0.25) is 0 Å². The lowest BCUT2D eigenvalue weighted by Crippen LogP contribution is -2.60. The molecule has 3 heterocycles. The minimum Gasteiger partial charge on any atom is -0.508 e. The summed E-state index contributed by atoms with van der Waals surface area (Å²) < 4.78 is 22.5. The standard InChI is InChI=1S/C27H30O15/c28-7-15-19(33)22(36)24(38)27(42-15)39-8-16-20(34)21(35)23(37)26(41-16)17-18(32)11-5-12(30)13(31)6-14(11)40-25(17)9-1-3-10(29)4-2-9/h1-6,15-16,19-24,26-31,33-38H,7-8H2. The number of phenols is 3. The Bertz CT molecular complexity index is 1470. The molecular formula is C27H30O15. The molecule has 0 saturated carbocycles. The Kier molecular flexibility index (Phi) is 8.41. The molecule has 1 aromatic heterocycles. The molecule has 0 aliphatic carbocycles. The third-order valence-corrected chi connectivity index (χ3v) is 7.42. The number of benzene rings is 2. The van der Waals surface area contributed by atoms with Crippen molar-refractivity contribution in [2.45, 2.75) is 61.2 Å². The van der Waals surface area contributed by atoms with Gasteiger partial charge in [0.05, 0.1) is 24.2 Å². The van der Waals surface area contributed by atoms with E-state index in [1.54, 1.807) is 0 Å². The van der Waals surface area contributed by atoms with Crippen LogP contribution in [0.25, 0.3) is 22.3 Å². The van der Waals surface area contributed by atoms with Crippen molar-refractivity contribution in [3.05, 3.63) is 52.2 Å². The van der Waals surface area contributed by atoms with E-state index in [1.165, 1.54) is 24.3 Å². The van der Waals surface area contributed by atoms with E-state index in [2.05, 4.69) is 0 Å². The number of hydrogen-bond donors (Lipinski definition) is 10. The lowest BCUT2D eigenvalue weighted by Gasteiger charge is -2.43. The van der Waals surface area contributed by atoms with E-state index in [-0.39, 0.29) is 33.6 Å². The average Bonchev–Trinajstić information content (AvgIpc) is 2.97. The molecule has 2 fully saturated rings. The van der Waals surface area contributed by atoms with Crippen molar-refractivity contribution in [3.8, 4) is 28.6 Å². The Morgan fingerprint density at radius 2 is 1.36 bits per heavy atom. The van der Waals surface area contributed by atoms with E-state index < -0.39 is 91.4 Å². The van der Waals surface area contributed by atoms with Crippen LogP contribution in [0, 0.1) is 0 Å². The fourth-order valence-corrected chi connectivity index (χ4v) is 5.04. The Morgan fingerprint density at radius 1 is 0.738 bits per heavy atom. The first-order valence-corrected chi connectivity index (χ1v) is 12.9. The van der Waals surface area contributed by atoms with Crippen LogP contribution in [0.1, 0.15) is 11.7 Å². The van der Waals surface area contributed by atoms with Crippen LogP contribution in [0.5, 0.6) is 17.2 Å². The SMILES string of the molecule is O=c1c(C2OC(COC3OC(CO)C(O)C(O)C3O)C(O)C(O)C2O)c(-c2ccc(O)cc2)oc2cc(O)c(O)cc12. The summed E-state index contributed by atoms with van der Waals surface area (Å²) in [6.07, 6.45) is -16.8. The molecule has 10 N–H and O–H groups in total. The highest BCUT2D eigenvalue weighted by molar-refractivity contribution is 5.84. The quantitative estimate of drug-likeness (QED) is 0.137. The maximum absolute atomic E-state index is 13.8. The molecule has 0 radical (unpaired) electrons. The van der Waals surface area contributed by atoms with Gasteiger partial charge in [-0.2, -0.15) is 0 Å². The van der Waals surface area contributed by atoms with Gasteiger partial charge in [0.1, 0.15) is 72.0 Å². The monoisotopic (exact) mass is 594 g/mol. The maximum Gasteiger partial charge on any atom is 0.199 e. The number of fused-ring (bicyclic) bond motifs is 1. The van der Waals surface area contributed by atoms with Gasteiger partial charge in [-0.3, -0.25) is 4.79 Å². The lowest BCUT2D eigenvalue weighted by atomic mass is 9.89. The van der Waals surface area contributed by atoms with Gasteiger partial charge in [-0.15, -0.1) is 0 Å². The zero-order valence-electron chi connectivity index (χ0n) is 21.7. The summed E-state index contributed by atoms with van der Waals surface area (Å²) in [5, 5.41) is 101. The van der Waals surface area contributed by atoms with E-state index in [9.17, 15) is 55.9 Å². The highest BCUT2D eigenvalue weighted by atomic mass is 16.7. The fraction of sp³-hybridized carbons (Fsp3) is 0.444. The second kappa shape index (κ2) is 11.7. The number of aromatic hydroxyl groups is 3. The summed E-state index contributed by atoms with van der Waals surface area (Å²) >= 11 is 0. The van der Waals surface area contributed by atoms with Gasteiger partial charge in [-0.05, 0) is 30.3 Å². The van der Waals surface area contributed by atoms with Crippen LogP contribution in [0.15, 0.2) is 45.6 Å². The highest BCUT2D eigenvalue weighted by Gasteiger charge is 2.48. The Labute approximate surface area is 236 Å². The summed E-state index contributed by atoms with van der Waals surface area (Å²) in [6, 6.07) is 7.33. The summed E-state index contributed by atoms with van der Waals surface area (Å²) in [5.41, 5.74) is -1.08. The van der Waals surface area contributed by atoms with E-state index in [1.807, 2.05) is 0 Å². The van der Waals surface area contributed by atoms with Crippen LogP contribution in [-0.4, -0.2) is 119 Å². The van der Waals surface area contributed by atoms with Crippen LogP contribution in [0.3, 0.4) is 0 Å². The molecule has 42 heavy (non-hydrogen) atoms. The van der Waals surface area contributed by atoms with Gasteiger partial charge in [0.15, 0.2) is 23.2 Å². The number of rotatable bonds is 6. The van der Waals surface area contributed by atoms with E-state index >= 15 is 0 Å². The molecule has 0 spiro atoms. The van der Waals surface area contributed by atoms with Crippen LogP contribution in [-0.2, 0) is 14.2 Å². The number of phenolic OH excluding ortho intramolecular Hbond substituents is 3. The molecule has 2 aliphatic rings. The number of hydrogen-bond acceptors (Lipinski definition) is 15. The molecule has 15 heteroatoms. The number of ether oxygens (including phenoxy) is 3. The van der Waals surface area contributed by atoms with Crippen LogP contribution >= 0.6 is 0 Å². The maximum atomic E-state index is 13.8. The van der Waals surface area contributed by atoms with Crippen LogP contribution in [0.4, 0.5) is 0 Å². The van der Waals surface area contributed by atoms with E-state index in [0.717, 1.165) is 12.1 Å². The van der Waals surface area contributed by atoms with Gasteiger partial charge in [0.2, 0.25) is 0 Å². The predicted molar refractivity (Wildman–Crippen MR) is 138 cm³/mol. The Balaban J connectivity index is 1.53. The van der Waals surface area contributed by atoms with Crippen molar-refractivity contribution in [1.82, 2.24) is 0 Å². The largest absolute Gasteiger partial charge is 0.508 e. The molecule has 2 aromatic carbocycles. The first-order chi connectivity index (χ1) is 19.9. The smallest absolute Gasteiger partial charge is 0.199 e. The molecule has 5 rings (SSSR count). The van der Waals surface area contributed by atoms with Gasteiger partial charge in [-0.25, -0.2) is 0 Å². The normalized spacial score (nSPS) is 33.6. The fourth-order valence-electron chi connectivity index (χ4n) is 5.04. The third-order valence-electron chi connectivity index (χ3n) is 7.42. The second-order valence-corrected chi connectivity index (χ2v) is 10.2. The molecular weight excluding hydrogens is 564 g/mol. The summed E-state index contributed by atoms with van der Waals surface area (Å²) in [4.78, 5) is 13.8. The molecule has 0 amide bonds. The number of aliphatic hydroxyl groups excluding tert-OH is 7. The Hall–Kier alpha value is -3.35. The van der Waals surface area contributed by atoms with E-state index in [4.69, 9.17) is 18.6 Å². The van der Waals surface area contributed by atoms with Gasteiger partial charge < -0.3 is 69.7 Å². The van der Waals surface area contributed by atoms with Crippen molar-refractivity contribution in [2.75, 3.05) is 13.2 Å². The minimum absolute atomic E-state index is 0.107. The lowest BCUT2D eigenvalue weighted by molar-refractivity contribution is -0.314. The molecule has 15 nitrogen and oxygen atoms in total. The molecule has 0 bridgehead atoms. The molecule has 2 saturated heterocycles. The van der Waals surface area contributed by atoms with Gasteiger partial charge in [0.25, 0.3) is 0 Å². The first-order valence-electron chi connectivity index (χ1n) is 12.9. The van der Waals surface area contributed by atoms with Crippen molar-refractivity contribution >= 4 is 11.0 Å². The summed E-state index contributed by atoms with van der Waals surface area (Å²) in [7, 11) is 0. The zero-order valence-corrected chi connectivity index (χ0v) is 21.7. The van der Waals surface area contributed by atoms with Crippen LogP contribution < -0.4 is 5.43 Å². The predicted octanol–water partition coefficient (Wildman–Crippen LogP) is -2.08. The summed E-state index contributed by atoms with van der Waals surface area (Å²) in [5.74, 6) is -1.50. The van der Waals surface area contributed by atoms with Crippen molar-refractivity contribution in [1.29, 1.82) is 0 Å². The van der Waals surface area contributed by atoms with Crippen molar-refractivity contribution < 1.29 is 69.7 Å². The van der Waals surface area contributed by atoms with Gasteiger partial charge >= 0.3 is 0 Å². The topological polar surface area (TPSA) is 260 Å².